The fourth-order valence-electron chi connectivity index (χ4n) is 2.79. The van der Waals surface area contributed by atoms with E-state index in [4.69, 9.17) is 17.3 Å². The summed E-state index contributed by atoms with van der Waals surface area (Å²) in [5, 5.41) is 10.2. The molecule has 0 unspecified atom stereocenters. The summed E-state index contributed by atoms with van der Waals surface area (Å²) >= 11 is 5.96. The van der Waals surface area contributed by atoms with Crippen LogP contribution in [0.2, 0.25) is 5.02 Å². The quantitative estimate of drug-likeness (QED) is 0.833. The van der Waals surface area contributed by atoms with Gasteiger partial charge in [-0.05, 0) is 43.9 Å². The van der Waals surface area contributed by atoms with E-state index in [1.165, 1.54) is 0 Å². The highest BCUT2D eigenvalue weighted by atomic mass is 35.5. The number of hydrogen-bond donors (Lipinski definition) is 2. The Bertz CT molecular complexity index is 573. The first-order valence-corrected chi connectivity index (χ1v) is 6.64. The second-order valence-electron chi connectivity index (χ2n) is 4.94. The number of imidazole rings is 1. The van der Waals surface area contributed by atoms with Gasteiger partial charge in [-0.1, -0.05) is 11.6 Å². The average molecular weight is 266 g/mol. The Labute approximate surface area is 110 Å². The minimum Gasteiger partial charge on any atom is -0.393 e. The van der Waals surface area contributed by atoms with Crippen molar-refractivity contribution in [3.63, 3.8) is 0 Å². The Hall–Kier alpha value is -1.26. The Morgan fingerprint density at radius 2 is 2.00 bits per heavy atom. The molecule has 1 aliphatic carbocycles. The van der Waals surface area contributed by atoms with Gasteiger partial charge in [-0.3, -0.25) is 0 Å². The maximum Gasteiger partial charge on any atom is 0.201 e. The zero-order valence-electron chi connectivity index (χ0n) is 10.0. The van der Waals surface area contributed by atoms with Crippen molar-refractivity contribution in [2.24, 2.45) is 0 Å². The molecule has 4 nitrogen and oxygen atoms in total. The van der Waals surface area contributed by atoms with Crippen LogP contribution >= 0.6 is 11.6 Å². The molecule has 0 spiro atoms. The second kappa shape index (κ2) is 4.44. The normalized spacial score (nSPS) is 24.6. The molecule has 1 aliphatic rings. The summed E-state index contributed by atoms with van der Waals surface area (Å²) in [6.07, 6.45) is 3.39. The topological polar surface area (TPSA) is 64.1 Å². The van der Waals surface area contributed by atoms with Crippen LogP contribution in [0.5, 0.6) is 0 Å². The highest BCUT2D eigenvalue weighted by Crippen LogP contribution is 2.34. The summed E-state index contributed by atoms with van der Waals surface area (Å²) < 4.78 is 2.08. The van der Waals surface area contributed by atoms with Gasteiger partial charge in [-0.15, -0.1) is 0 Å². The van der Waals surface area contributed by atoms with Crippen molar-refractivity contribution >= 4 is 28.6 Å². The third-order valence-corrected chi connectivity index (χ3v) is 3.95. The molecule has 0 aliphatic heterocycles. The molecule has 0 saturated heterocycles. The summed E-state index contributed by atoms with van der Waals surface area (Å²) in [5.41, 5.74) is 7.88. The van der Waals surface area contributed by atoms with Gasteiger partial charge in [0.2, 0.25) is 5.95 Å². The number of fused-ring (bicyclic) bond motifs is 1. The van der Waals surface area contributed by atoms with Crippen LogP contribution in [0.15, 0.2) is 18.2 Å². The molecule has 0 atom stereocenters. The van der Waals surface area contributed by atoms with Crippen LogP contribution in [0.3, 0.4) is 0 Å². The van der Waals surface area contributed by atoms with Gasteiger partial charge in [0, 0.05) is 11.1 Å². The predicted molar refractivity (Wildman–Crippen MR) is 72.7 cm³/mol. The molecule has 1 aromatic heterocycles. The van der Waals surface area contributed by atoms with Crippen LogP contribution in [0.4, 0.5) is 5.95 Å². The lowest BCUT2D eigenvalue weighted by Crippen LogP contribution is -2.21. The molecule has 0 bridgehead atoms. The molecule has 5 heteroatoms. The molecular formula is C13H16ClN3O. The summed E-state index contributed by atoms with van der Waals surface area (Å²) in [5.74, 6) is 0.536. The molecular weight excluding hydrogens is 250 g/mol. The van der Waals surface area contributed by atoms with E-state index in [0.717, 1.165) is 36.7 Å². The van der Waals surface area contributed by atoms with Crippen molar-refractivity contribution in [1.29, 1.82) is 0 Å². The molecule has 1 saturated carbocycles. The lowest BCUT2D eigenvalue weighted by molar-refractivity contribution is 0.112. The highest BCUT2D eigenvalue weighted by molar-refractivity contribution is 6.31. The molecule has 96 valence electrons. The van der Waals surface area contributed by atoms with Gasteiger partial charge < -0.3 is 15.4 Å². The van der Waals surface area contributed by atoms with E-state index in [1.807, 2.05) is 18.2 Å². The second-order valence-corrected chi connectivity index (χ2v) is 5.37. The van der Waals surface area contributed by atoms with Gasteiger partial charge in [-0.2, -0.15) is 0 Å². The summed E-state index contributed by atoms with van der Waals surface area (Å²) in [6.45, 7) is 0. The number of benzene rings is 1. The molecule has 2 aromatic rings. The summed E-state index contributed by atoms with van der Waals surface area (Å²) in [6, 6.07) is 5.99. The van der Waals surface area contributed by atoms with Gasteiger partial charge in [0.1, 0.15) is 0 Å². The van der Waals surface area contributed by atoms with E-state index in [1.54, 1.807) is 0 Å². The minimum atomic E-state index is -0.160. The number of aliphatic hydroxyl groups excluding tert-OH is 1. The third kappa shape index (κ3) is 1.95. The zero-order chi connectivity index (χ0) is 12.7. The fourth-order valence-corrected chi connectivity index (χ4v) is 2.96. The largest absolute Gasteiger partial charge is 0.393 e. The number of anilines is 1. The molecule has 1 aromatic carbocycles. The van der Waals surface area contributed by atoms with E-state index < -0.39 is 0 Å². The number of nitrogen functional groups attached to an aromatic ring is 1. The fraction of sp³-hybridized carbons (Fsp3) is 0.462. The maximum absolute atomic E-state index is 9.57. The van der Waals surface area contributed by atoms with Crippen molar-refractivity contribution in [3.05, 3.63) is 23.2 Å². The third-order valence-electron chi connectivity index (χ3n) is 3.71. The maximum atomic E-state index is 9.57. The summed E-state index contributed by atoms with van der Waals surface area (Å²) in [7, 11) is 0. The predicted octanol–water partition coefficient (Wildman–Crippen LogP) is 2.75. The standard InChI is InChI=1S/C13H16ClN3O/c14-8-1-6-12-11(7-8)16-13(15)17(12)9-2-4-10(18)5-3-9/h1,6-7,9-10,18H,2-5H2,(H2,15,16). The molecule has 0 amide bonds. The first-order valence-electron chi connectivity index (χ1n) is 6.26. The molecule has 3 N–H and O–H groups in total. The first-order chi connectivity index (χ1) is 8.65. The van der Waals surface area contributed by atoms with Gasteiger partial charge in [0.25, 0.3) is 0 Å². The van der Waals surface area contributed by atoms with Crippen LogP contribution in [0.25, 0.3) is 11.0 Å². The number of hydrogen-bond acceptors (Lipinski definition) is 3. The molecule has 0 radical (unpaired) electrons. The summed E-state index contributed by atoms with van der Waals surface area (Å²) in [4.78, 5) is 4.36. The van der Waals surface area contributed by atoms with E-state index in [0.29, 0.717) is 17.0 Å². The van der Waals surface area contributed by atoms with E-state index in [-0.39, 0.29) is 6.10 Å². The first kappa shape index (κ1) is 11.8. The van der Waals surface area contributed by atoms with Crippen LogP contribution in [-0.4, -0.2) is 20.8 Å². The van der Waals surface area contributed by atoms with Crippen molar-refractivity contribution < 1.29 is 5.11 Å². The highest BCUT2D eigenvalue weighted by Gasteiger charge is 2.23. The molecule has 18 heavy (non-hydrogen) atoms. The Kier molecular flexibility index (Phi) is 2.92. The van der Waals surface area contributed by atoms with Crippen molar-refractivity contribution in [2.45, 2.75) is 37.8 Å². The van der Waals surface area contributed by atoms with Crippen LogP contribution < -0.4 is 5.73 Å². The van der Waals surface area contributed by atoms with Gasteiger partial charge in [-0.25, -0.2) is 4.98 Å². The molecule has 3 rings (SSSR count). The number of nitrogens with zero attached hydrogens (tertiary/aromatic N) is 2. The smallest absolute Gasteiger partial charge is 0.201 e. The number of halogens is 1. The Balaban J connectivity index is 2.03. The van der Waals surface area contributed by atoms with Crippen LogP contribution in [0.1, 0.15) is 31.7 Å². The van der Waals surface area contributed by atoms with Crippen molar-refractivity contribution in [3.8, 4) is 0 Å². The van der Waals surface area contributed by atoms with Gasteiger partial charge in [0.15, 0.2) is 0 Å². The Morgan fingerprint density at radius 3 is 2.72 bits per heavy atom. The lowest BCUT2D eigenvalue weighted by atomic mass is 9.93. The van der Waals surface area contributed by atoms with Crippen LogP contribution in [-0.2, 0) is 0 Å². The monoisotopic (exact) mass is 265 g/mol. The lowest BCUT2D eigenvalue weighted by Gasteiger charge is -2.27. The van der Waals surface area contributed by atoms with Crippen molar-refractivity contribution in [2.75, 3.05) is 5.73 Å². The van der Waals surface area contributed by atoms with Gasteiger partial charge >= 0.3 is 0 Å². The zero-order valence-corrected chi connectivity index (χ0v) is 10.8. The SMILES string of the molecule is Nc1nc2cc(Cl)ccc2n1C1CCC(O)CC1. The van der Waals surface area contributed by atoms with E-state index in [2.05, 4.69) is 9.55 Å². The number of aromatic nitrogens is 2. The number of aliphatic hydroxyl groups is 1. The number of nitrogens with two attached hydrogens (primary N) is 1. The average Bonchev–Trinajstić information content (AvgIpc) is 2.65. The van der Waals surface area contributed by atoms with Crippen LogP contribution in [0, 0.1) is 0 Å². The minimum absolute atomic E-state index is 0.160. The van der Waals surface area contributed by atoms with Gasteiger partial charge in [0.05, 0.1) is 17.1 Å². The Morgan fingerprint density at radius 1 is 1.28 bits per heavy atom. The van der Waals surface area contributed by atoms with E-state index >= 15 is 0 Å². The molecule has 1 heterocycles. The van der Waals surface area contributed by atoms with Crippen molar-refractivity contribution in [1.82, 2.24) is 9.55 Å². The molecule has 1 fully saturated rings. The van der Waals surface area contributed by atoms with E-state index in [9.17, 15) is 5.11 Å². The number of rotatable bonds is 1.